The van der Waals surface area contributed by atoms with Crippen molar-refractivity contribution >= 4 is 9.84 Å². The van der Waals surface area contributed by atoms with Gasteiger partial charge in [0.05, 0.1) is 11.5 Å². The highest BCUT2D eigenvalue weighted by atomic mass is 32.2. The molecule has 0 radical (unpaired) electrons. The molecule has 2 fully saturated rings. The summed E-state index contributed by atoms with van der Waals surface area (Å²) in [5, 5.41) is 3.52. The number of benzene rings is 1. The minimum atomic E-state index is -2.81. The molecule has 3 atom stereocenters. The lowest BCUT2D eigenvalue weighted by Gasteiger charge is -2.24. The summed E-state index contributed by atoms with van der Waals surface area (Å²) in [6.45, 7) is 5.35. The Morgan fingerprint density at radius 3 is 2.78 bits per heavy atom. The third-order valence-electron chi connectivity index (χ3n) is 5.18. The third kappa shape index (κ3) is 4.78. The summed E-state index contributed by atoms with van der Waals surface area (Å²) in [6.07, 6.45) is 3.00. The summed E-state index contributed by atoms with van der Waals surface area (Å²) in [7, 11) is -2.81. The van der Waals surface area contributed by atoms with Crippen LogP contribution in [-0.4, -0.2) is 50.0 Å². The van der Waals surface area contributed by atoms with Crippen LogP contribution in [0.3, 0.4) is 0 Å². The molecule has 0 amide bonds. The fraction of sp³-hybridized carbons (Fsp3) is 0.667. The summed E-state index contributed by atoms with van der Waals surface area (Å²) in [6, 6.07) is 11.4. The number of nitrogens with zero attached hydrogens (tertiary/aromatic N) is 1. The van der Waals surface area contributed by atoms with Gasteiger partial charge in [0, 0.05) is 25.2 Å². The first-order chi connectivity index (χ1) is 11.0. The molecule has 3 rings (SSSR count). The van der Waals surface area contributed by atoms with Crippen molar-refractivity contribution < 1.29 is 8.42 Å². The van der Waals surface area contributed by atoms with E-state index in [9.17, 15) is 8.42 Å². The molecule has 5 heteroatoms. The molecule has 2 heterocycles. The van der Waals surface area contributed by atoms with Gasteiger partial charge in [-0.15, -0.1) is 0 Å². The highest BCUT2D eigenvalue weighted by Gasteiger charge is 2.30. The summed E-state index contributed by atoms with van der Waals surface area (Å²) >= 11 is 0. The van der Waals surface area contributed by atoms with Gasteiger partial charge in [-0.05, 0) is 44.2 Å². The zero-order valence-corrected chi connectivity index (χ0v) is 14.8. The second kappa shape index (κ2) is 7.32. The van der Waals surface area contributed by atoms with Crippen molar-refractivity contribution in [1.82, 2.24) is 10.2 Å². The average Bonchev–Trinajstić information content (AvgIpc) is 2.85. The van der Waals surface area contributed by atoms with Crippen LogP contribution in [0.25, 0.3) is 0 Å². The van der Waals surface area contributed by atoms with E-state index in [4.69, 9.17) is 0 Å². The van der Waals surface area contributed by atoms with E-state index in [0.717, 1.165) is 32.5 Å². The number of nitrogens with one attached hydrogen (secondary N) is 1. The zero-order valence-electron chi connectivity index (χ0n) is 13.9. The van der Waals surface area contributed by atoms with Crippen LogP contribution in [0.4, 0.5) is 0 Å². The number of likely N-dealkylation sites (tertiary alicyclic amines) is 1. The molecule has 0 aliphatic carbocycles. The molecule has 0 bridgehead atoms. The Balaban J connectivity index is 1.47. The largest absolute Gasteiger partial charge is 0.313 e. The first-order valence-corrected chi connectivity index (χ1v) is 10.6. The zero-order chi connectivity index (χ0) is 16.3. The molecule has 0 spiro atoms. The van der Waals surface area contributed by atoms with Gasteiger partial charge in [-0.2, -0.15) is 0 Å². The monoisotopic (exact) mass is 336 g/mol. The quantitative estimate of drug-likeness (QED) is 0.894. The second-order valence-electron chi connectivity index (χ2n) is 7.23. The van der Waals surface area contributed by atoms with Gasteiger partial charge in [0.25, 0.3) is 0 Å². The molecule has 1 N–H and O–H groups in total. The van der Waals surface area contributed by atoms with Crippen LogP contribution in [0.5, 0.6) is 0 Å². The Bertz CT molecular complexity index is 603. The van der Waals surface area contributed by atoms with Gasteiger partial charge >= 0.3 is 0 Å². The van der Waals surface area contributed by atoms with Crippen LogP contribution in [0.2, 0.25) is 0 Å². The van der Waals surface area contributed by atoms with Crippen molar-refractivity contribution in [3.05, 3.63) is 35.9 Å². The fourth-order valence-electron chi connectivity index (χ4n) is 3.92. The molecular formula is C18H28N2O2S. The second-order valence-corrected chi connectivity index (χ2v) is 9.46. The molecule has 0 aromatic heterocycles. The lowest BCUT2D eigenvalue weighted by Crippen LogP contribution is -2.42. The first kappa shape index (κ1) is 16.9. The lowest BCUT2D eigenvalue weighted by molar-refractivity contribution is 0.254. The van der Waals surface area contributed by atoms with E-state index >= 15 is 0 Å². The van der Waals surface area contributed by atoms with Crippen LogP contribution in [0, 0.1) is 5.92 Å². The highest BCUT2D eigenvalue weighted by Crippen LogP contribution is 2.25. The fourth-order valence-corrected chi connectivity index (χ4v) is 5.59. The van der Waals surface area contributed by atoms with Gasteiger partial charge in [-0.3, -0.25) is 4.90 Å². The predicted octanol–water partition coefficient (Wildman–Crippen LogP) is 2.06. The average molecular weight is 337 g/mol. The Hall–Kier alpha value is -0.910. The van der Waals surface area contributed by atoms with Gasteiger partial charge < -0.3 is 5.32 Å². The number of hydrogen-bond donors (Lipinski definition) is 1. The van der Waals surface area contributed by atoms with Crippen LogP contribution in [0.1, 0.15) is 31.7 Å². The normalized spacial score (nSPS) is 31.3. The smallest absolute Gasteiger partial charge is 0.151 e. The van der Waals surface area contributed by atoms with Crippen molar-refractivity contribution in [3.63, 3.8) is 0 Å². The lowest BCUT2D eigenvalue weighted by atomic mass is 10.1. The van der Waals surface area contributed by atoms with Crippen LogP contribution < -0.4 is 5.32 Å². The van der Waals surface area contributed by atoms with Crippen molar-refractivity contribution in [3.8, 4) is 0 Å². The summed E-state index contributed by atoms with van der Waals surface area (Å²) in [4.78, 5) is 2.54. The van der Waals surface area contributed by atoms with Crippen molar-refractivity contribution in [1.29, 1.82) is 0 Å². The molecule has 2 saturated heterocycles. The Labute approximate surface area is 140 Å². The molecule has 128 valence electrons. The number of rotatable bonds is 5. The maximum atomic E-state index is 11.7. The van der Waals surface area contributed by atoms with E-state index in [1.807, 2.05) is 0 Å². The van der Waals surface area contributed by atoms with Crippen LogP contribution in [-0.2, 0) is 16.4 Å². The molecule has 2 aliphatic heterocycles. The predicted molar refractivity (Wildman–Crippen MR) is 94.1 cm³/mol. The van der Waals surface area contributed by atoms with E-state index < -0.39 is 9.84 Å². The van der Waals surface area contributed by atoms with E-state index in [2.05, 4.69) is 47.5 Å². The van der Waals surface area contributed by atoms with Gasteiger partial charge in [-0.1, -0.05) is 30.3 Å². The van der Waals surface area contributed by atoms with Crippen molar-refractivity contribution in [2.45, 2.75) is 44.8 Å². The minimum absolute atomic E-state index is 0.159. The third-order valence-corrected chi connectivity index (χ3v) is 7.00. The Morgan fingerprint density at radius 2 is 2.04 bits per heavy atom. The molecule has 0 saturated carbocycles. The molecule has 1 aromatic rings. The van der Waals surface area contributed by atoms with Gasteiger partial charge in [0.15, 0.2) is 9.84 Å². The van der Waals surface area contributed by atoms with Crippen molar-refractivity contribution in [2.75, 3.05) is 24.6 Å². The summed E-state index contributed by atoms with van der Waals surface area (Å²) in [5.74, 6) is 1.32. The first-order valence-electron chi connectivity index (χ1n) is 8.73. The van der Waals surface area contributed by atoms with Gasteiger partial charge in [0.1, 0.15) is 0 Å². The molecular weight excluding hydrogens is 308 g/mol. The van der Waals surface area contributed by atoms with Crippen molar-refractivity contribution in [2.24, 2.45) is 5.92 Å². The maximum Gasteiger partial charge on any atom is 0.151 e. The van der Waals surface area contributed by atoms with E-state index in [-0.39, 0.29) is 6.04 Å². The minimum Gasteiger partial charge on any atom is -0.313 e. The standard InChI is InChI=1S/C18H28N2O2S/c1-15-10-17(11-19-18-8-5-9-23(21,22)14-18)13-20(15)12-16-6-3-2-4-7-16/h2-4,6-7,15,17-19H,5,8-14H2,1H3. The van der Waals surface area contributed by atoms with E-state index in [1.54, 1.807) is 0 Å². The highest BCUT2D eigenvalue weighted by molar-refractivity contribution is 7.91. The summed E-state index contributed by atoms with van der Waals surface area (Å²) < 4.78 is 23.4. The number of hydrogen-bond acceptors (Lipinski definition) is 4. The molecule has 3 unspecified atom stereocenters. The summed E-state index contributed by atoms with van der Waals surface area (Å²) in [5.41, 5.74) is 1.37. The SMILES string of the molecule is CC1CC(CNC2CCCS(=O)(=O)C2)CN1Cc1ccccc1. The number of sulfone groups is 1. The molecule has 23 heavy (non-hydrogen) atoms. The van der Waals surface area contributed by atoms with Crippen LogP contribution in [0.15, 0.2) is 30.3 Å². The Kier molecular flexibility index (Phi) is 5.39. The molecule has 1 aromatic carbocycles. The Morgan fingerprint density at radius 1 is 1.26 bits per heavy atom. The maximum absolute atomic E-state index is 11.7. The van der Waals surface area contributed by atoms with Gasteiger partial charge in [-0.25, -0.2) is 8.42 Å². The molecule has 4 nitrogen and oxygen atoms in total. The van der Waals surface area contributed by atoms with Gasteiger partial charge in [0.2, 0.25) is 0 Å². The molecule has 2 aliphatic rings. The topological polar surface area (TPSA) is 49.4 Å². The van der Waals surface area contributed by atoms with Crippen LogP contribution >= 0.6 is 0 Å². The van der Waals surface area contributed by atoms with E-state index in [1.165, 1.54) is 12.0 Å². The van der Waals surface area contributed by atoms with E-state index in [0.29, 0.717) is 23.5 Å².